The van der Waals surface area contributed by atoms with Crippen LogP contribution in [0.4, 0.5) is 4.39 Å². The van der Waals surface area contributed by atoms with E-state index in [0.717, 1.165) is 5.56 Å². The first-order valence-electron chi connectivity index (χ1n) is 5.74. The Kier molecular flexibility index (Phi) is 4.17. The quantitative estimate of drug-likeness (QED) is 0.789. The highest BCUT2D eigenvalue weighted by Gasteiger charge is 2.09. The Bertz CT molecular complexity index is 594. The first kappa shape index (κ1) is 13.6. The fraction of sp³-hybridized carbons (Fsp3) is 0.133. The van der Waals surface area contributed by atoms with Crippen molar-refractivity contribution in [2.75, 3.05) is 0 Å². The summed E-state index contributed by atoms with van der Waals surface area (Å²) in [4.78, 5) is 11.8. The first-order valence-corrected chi connectivity index (χ1v) is 6.12. The van der Waals surface area contributed by atoms with Crippen LogP contribution in [0.3, 0.4) is 0 Å². The van der Waals surface area contributed by atoms with Crippen molar-refractivity contribution >= 4 is 17.6 Å². The molecule has 0 aliphatic rings. The van der Waals surface area contributed by atoms with Gasteiger partial charge in [0, 0.05) is 5.02 Å². The maximum absolute atomic E-state index is 13.1. The third kappa shape index (κ3) is 3.55. The largest absolute Gasteiger partial charge is 0.457 e. The predicted octanol–water partition coefficient (Wildman–Crippen LogP) is 4.14. The summed E-state index contributed by atoms with van der Waals surface area (Å²) in [7, 11) is 0. The van der Waals surface area contributed by atoms with Crippen molar-refractivity contribution in [3.63, 3.8) is 0 Å². The molecule has 2 rings (SSSR count). The summed E-state index contributed by atoms with van der Waals surface area (Å²) in [6, 6.07) is 11.2. The van der Waals surface area contributed by atoms with Gasteiger partial charge < -0.3 is 4.74 Å². The molecular formula is C15H12ClFO2. The van der Waals surface area contributed by atoms with E-state index >= 15 is 0 Å². The van der Waals surface area contributed by atoms with Crippen LogP contribution < -0.4 is 0 Å². The molecule has 0 spiro atoms. The highest BCUT2D eigenvalue weighted by Crippen LogP contribution is 2.13. The van der Waals surface area contributed by atoms with Gasteiger partial charge >= 0.3 is 5.97 Å². The van der Waals surface area contributed by atoms with Gasteiger partial charge in [-0.05, 0) is 48.4 Å². The molecule has 0 N–H and O–H groups in total. The van der Waals surface area contributed by atoms with Gasteiger partial charge in [-0.1, -0.05) is 23.7 Å². The predicted molar refractivity (Wildman–Crippen MR) is 71.7 cm³/mol. The molecule has 0 bridgehead atoms. The molecule has 2 aromatic carbocycles. The van der Waals surface area contributed by atoms with E-state index in [0.29, 0.717) is 16.1 Å². The van der Waals surface area contributed by atoms with Gasteiger partial charge in [0.15, 0.2) is 0 Å². The summed E-state index contributed by atoms with van der Waals surface area (Å²) in [5, 5.41) is 0.629. The molecule has 0 aliphatic heterocycles. The molecule has 2 aromatic rings. The molecule has 4 heteroatoms. The van der Waals surface area contributed by atoms with Crippen LogP contribution >= 0.6 is 11.6 Å². The number of hydrogen-bond donors (Lipinski definition) is 0. The maximum Gasteiger partial charge on any atom is 0.338 e. The van der Waals surface area contributed by atoms with Crippen LogP contribution in [0.1, 0.15) is 21.5 Å². The Balaban J connectivity index is 2.01. The summed E-state index contributed by atoms with van der Waals surface area (Å²) >= 11 is 5.76. The van der Waals surface area contributed by atoms with Gasteiger partial charge in [0.1, 0.15) is 12.4 Å². The van der Waals surface area contributed by atoms with E-state index < -0.39 is 5.97 Å². The number of ether oxygens (including phenoxy) is 1. The zero-order chi connectivity index (χ0) is 13.8. The van der Waals surface area contributed by atoms with Gasteiger partial charge in [-0.2, -0.15) is 0 Å². The average molecular weight is 279 g/mol. The monoisotopic (exact) mass is 278 g/mol. The summed E-state index contributed by atoms with van der Waals surface area (Å²) in [5.74, 6) is -0.813. The highest BCUT2D eigenvalue weighted by molar-refractivity contribution is 6.30. The van der Waals surface area contributed by atoms with Crippen LogP contribution in [0.25, 0.3) is 0 Å². The summed E-state index contributed by atoms with van der Waals surface area (Å²) < 4.78 is 18.2. The third-order valence-corrected chi connectivity index (χ3v) is 2.93. The molecule has 2 nitrogen and oxygen atoms in total. The van der Waals surface area contributed by atoms with E-state index in [1.54, 1.807) is 31.2 Å². The van der Waals surface area contributed by atoms with Crippen LogP contribution in [0, 0.1) is 12.7 Å². The van der Waals surface area contributed by atoms with Gasteiger partial charge in [0.25, 0.3) is 0 Å². The van der Waals surface area contributed by atoms with Crippen molar-refractivity contribution in [1.29, 1.82) is 0 Å². The van der Waals surface area contributed by atoms with Crippen molar-refractivity contribution in [2.45, 2.75) is 13.5 Å². The number of benzene rings is 2. The van der Waals surface area contributed by atoms with Crippen LogP contribution in [0.2, 0.25) is 5.02 Å². The lowest BCUT2D eigenvalue weighted by molar-refractivity contribution is 0.0472. The fourth-order valence-electron chi connectivity index (χ4n) is 1.58. The van der Waals surface area contributed by atoms with Gasteiger partial charge in [-0.3, -0.25) is 0 Å². The van der Waals surface area contributed by atoms with Crippen LogP contribution in [0.5, 0.6) is 0 Å². The van der Waals surface area contributed by atoms with Crippen LogP contribution in [-0.2, 0) is 11.3 Å². The number of esters is 1. The Morgan fingerprint density at radius 3 is 2.53 bits per heavy atom. The molecule has 0 fully saturated rings. The fourth-order valence-corrected chi connectivity index (χ4v) is 1.71. The molecule has 0 aromatic heterocycles. The molecule has 0 unspecified atom stereocenters. The molecule has 19 heavy (non-hydrogen) atoms. The van der Waals surface area contributed by atoms with Gasteiger partial charge in [-0.15, -0.1) is 0 Å². The van der Waals surface area contributed by atoms with Gasteiger partial charge in [-0.25, -0.2) is 9.18 Å². The number of carbonyl (C=O) groups is 1. The van der Waals surface area contributed by atoms with Crippen molar-refractivity contribution in [3.8, 4) is 0 Å². The second kappa shape index (κ2) is 5.85. The number of halogens is 2. The summed E-state index contributed by atoms with van der Waals surface area (Å²) in [6.45, 7) is 1.76. The van der Waals surface area contributed by atoms with E-state index in [4.69, 9.17) is 16.3 Å². The van der Waals surface area contributed by atoms with E-state index in [2.05, 4.69) is 0 Å². The molecule has 0 radical (unpaired) electrons. The Hall–Kier alpha value is -1.87. The van der Waals surface area contributed by atoms with Crippen molar-refractivity contribution < 1.29 is 13.9 Å². The molecule has 0 amide bonds. The van der Waals surface area contributed by atoms with Crippen LogP contribution in [0.15, 0.2) is 42.5 Å². The lowest BCUT2D eigenvalue weighted by Crippen LogP contribution is -2.05. The second-order valence-electron chi connectivity index (χ2n) is 4.17. The smallest absolute Gasteiger partial charge is 0.338 e. The average Bonchev–Trinajstić information content (AvgIpc) is 2.41. The minimum atomic E-state index is -0.474. The Morgan fingerprint density at radius 2 is 1.89 bits per heavy atom. The highest BCUT2D eigenvalue weighted by atomic mass is 35.5. The van der Waals surface area contributed by atoms with Crippen molar-refractivity contribution in [1.82, 2.24) is 0 Å². The zero-order valence-corrected chi connectivity index (χ0v) is 11.1. The maximum atomic E-state index is 13.1. The zero-order valence-electron chi connectivity index (χ0n) is 10.3. The molecule has 0 atom stereocenters. The normalized spacial score (nSPS) is 10.3. The topological polar surface area (TPSA) is 26.3 Å². The first-order chi connectivity index (χ1) is 9.06. The number of carbonyl (C=O) groups excluding carboxylic acids is 1. The SMILES string of the molecule is Cc1cc(C(=O)OCc2ccc(Cl)cc2)ccc1F. The third-order valence-electron chi connectivity index (χ3n) is 2.68. The molecule has 0 heterocycles. The lowest BCUT2D eigenvalue weighted by Gasteiger charge is -2.06. The minimum absolute atomic E-state index is 0.159. The number of aryl methyl sites for hydroxylation is 1. The molecule has 98 valence electrons. The van der Waals surface area contributed by atoms with Crippen LogP contribution in [-0.4, -0.2) is 5.97 Å². The van der Waals surface area contributed by atoms with Crippen molar-refractivity contribution in [3.05, 3.63) is 70.0 Å². The lowest BCUT2D eigenvalue weighted by atomic mass is 10.1. The van der Waals surface area contributed by atoms with E-state index in [-0.39, 0.29) is 12.4 Å². The minimum Gasteiger partial charge on any atom is -0.457 e. The van der Waals surface area contributed by atoms with Crippen molar-refractivity contribution in [2.24, 2.45) is 0 Å². The second-order valence-corrected chi connectivity index (χ2v) is 4.60. The Morgan fingerprint density at radius 1 is 1.21 bits per heavy atom. The van der Waals surface area contributed by atoms with E-state index in [9.17, 15) is 9.18 Å². The molecule has 0 aliphatic carbocycles. The molecule has 0 saturated heterocycles. The standard InChI is InChI=1S/C15H12ClFO2/c1-10-8-12(4-7-14(10)17)15(18)19-9-11-2-5-13(16)6-3-11/h2-8H,9H2,1H3. The van der Waals surface area contributed by atoms with Gasteiger partial charge in [0.2, 0.25) is 0 Å². The van der Waals surface area contributed by atoms with Gasteiger partial charge in [0.05, 0.1) is 5.56 Å². The van der Waals surface area contributed by atoms with E-state index in [1.807, 2.05) is 0 Å². The summed E-state index contributed by atoms with van der Waals surface area (Å²) in [5.41, 5.74) is 1.60. The van der Waals surface area contributed by atoms with E-state index in [1.165, 1.54) is 18.2 Å². The molecular weight excluding hydrogens is 267 g/mol. The molecule has 0 saturated carbocycles. The Labute approximate surface area is 115 Å². The summed E-state index contributed by atoms with van der Waals surface area (Å²) in [6.07, 6.45) is 0. The number of rotatable bonds is 3. The number of hydrogen-bond acceptors (Lipinski definition) is 2.